The standard InChI is InChI=1S/C28H24ClN3O4/c29-23-12-10-21(11-13-23)28(36)31-17-22-4-3-5-24(33)26(22)32(25(34)18-31)16-19-6-8-20(9-7-19)27(35)30-14-1-2-15-30/h1-13,33H,14-18H2. The highest BCUT2D eigenvalue weighted by molar-refractivity contribution is 6.30. The molecule has 0 aliphatic carbocycles. The largest absolute Gasteiger partial charge is 0.506 e. The van der Waals surface area contributed by atoms with Crippen LogP contribution in [0, 0.1) is 0 Å². The molecule has 0 spiro atoms. The Labute approximate surface area is 213 Å². The van der Waals surface area contributed by atoms with Crippen LogP contribution in [0.3, 0.4) is 0 Å². The summed E-state index contributed by atoms with van der Waals surface area (Å²) in [6.45, 7) is 1.42. The molecule has 0 unspecified atom stereocenters. The molecule has 5 rings (SSSR count). The van der Waals surface area contributed by atoms with Crippen molar-refractivity contribution in [2.75, 3.05) is 24.5 Å². The Morgan fingerprint density at radius 3 is 2.08 bits per heavy atom. The first kappa shape index (κ1) is 23.6. The predicted molar refractivity (Wildman–Crippen MR) is 137 cm³/mol. The quantitative estimate of drug-likeness (QED) is 0.542. The van der Waals surface area contributed by atoms with E-state index in [4.69, 9.17) is 11.6 Å². The number of para-hydroxylation sites is 1. The van der Waals surface area contributed by atoms with Crippen molar-refractivity contribution in [3.8, 4) is 5.75 Å². The third-order valence-corrected chi connectivity index (χ3v) is 6.63. The topological polar surface area (TPSA) is 81.2 Å². The molecule has 0 saturated heterocycles. The number of rotatable bonds is 4. The van der Waals surface area contributed by atoms with Gasteiger partial charge in [0.25, 0.3) is 11.8 Å². The number of nitrogens with zero attached hydrogens (tertiary/aromatic N) is 3. The average molecular weight is 502 g/mol. The fourth-order valence-electron chi connectivity index (χ4n) is 4.50. The van der Waals surface area contributed by atoms with Crippen molar-refractivity contribution in [3.63, 3.8) is 0 Å². The summed E-state index contributed by atoms with van der Waals surface area (Å²) in [5.41, 5.74) is 2.85. The second-order valence-corrected chi connectivity index (χ2v) is 9.25. The maximum absolute atomic E-state index is 13.4. The summed E-state index contributed by atoms with van der Waals surface area (Å²) in [4.78, 5) is 43.9. The SMILES string of the molecule is O=C(c1ccc(CN2C(=O)CN(C(=O)c3ccc(Cl)cc3)Cc3cccc(O)c32)cc1)N1CC=CC1. The molecule has 36 heavy (non-hydrogen) atoms. The normalized spacial score (nSPS) is 15.1. The summed E-state index contributed by atoms with van der Waals surface area (Å²) in [5.74, 6) is -0.692. The van der Waals surface area contributed by atoms with Gasteiger partial charge in [-0.05, 0) is 53.6 Å². The Morgan fingerprint density at radius 1 is 0.806 bits per heavy atom. The van der Waals surface area contributed by atoms with E-state index in [1.807, 2.05) is 24.3 Å². The van der Waals surface area contributed by atoms with Gasteiger partial charge in [-0.1, -0.05) is 48.0 Å². The number of fused-ring (bicyclic) bond motifs is 1. The molecule has 8 heteroatoms. The molecule has 3 aromatic rings. The Bertz CT molecular complexity index is 1340. The fraction of sp³-hybridized carbons (Fsp3) is 0.179. The molecule has 3 aromatic carbocycles. The average Bonchev–Trinajstić information content (AvgIpc) is 3.38. The van der Waals surface area contributed by atoms with Gasteiger partial charge in [0.05, 0.1) is 12.2 Å². The van der Waals surface area contributed by atoms with Crippen molar-refractivity contribution < 1.29 is 19.5 Å². The molecule has 1 N–H and O–H groups in total. The van der Waals surface area contributed by atoms with Crippen LogP contribution in [0.5, 0.6) is 5.75 Å². The lowest BCUT2D eigenvalue weighted by Gasteiger charge is -2.24. The Balaban J connectivity index is 1.40. The zero-order valence-electron chi connectivity index (χ0n) is 19.4. The number of phenolic OH excluding ortho intramolecular Hbond substituents is 1. The Morgan fingerprint density at radius 2 is 1.42 bits per heavy atom. The number of carbonyl (C=O) groups excluding carboxylic acids is 3. The molecular formula is C28H24ClN3O4. The first-order valence-electron chi connectivity index (χ1n) is 11.6. The molecule has 0 bridgehead atoms. The molecule has 2 aliphatic rings. The van der Waals surface area contributed by atoms with E-state index >= 15 is 0 Å². The number of halogens is 1. The van der Waals surface area contributed by atoms with Gasteiger partial charge in [0.15, 0.2) is 0 Å². The van der Waals surface area contributed by atoms with E-state index in [9.17, 15) is 19.5 Å². The van der Waals surface area contributed by atoms with E-state index in [0.717, 1.165) is 5.56 Å². The summed E-state index contributed by atoms with van der Waals surface area (Å²) >= 11 is 5.95. The number of anilines is 1. The Kier molecular flexibility index (Phi) is 6.48. The molecule has 0 radical (unpaired) electrons. The smallest absolute Gasteiger partial charge is 0.254 e. The van der Waals surface area contributed by atoms with Gasteiger partial charge >= 0.3 is 0 Å². The lowest BCUT2D eigenvalue weighted by Crippen LogP contribution is -2.39. The minimum atomic E-state index is -0.319. The molecule has 2 aliphatic heterocycles. The van der Waals surface area contributed by atoms with E-state index < -0.39 is 0 Å². The van der Waals surface area contributed by atoms with Gasteiger partial charge in [-0.15, -0.1) is 0 Å². The minimum Gasteiger partial charge on any atom is -0.506 e. The monoisotopic (exact) mass is 501 g/mol. The molecule has 2 heterocycles. The van der Waals surface area contributed by atoms with Gasteiger partial charge in [0, 0.05) is 35.8 Å². The van der Waals surface area contributed by atoms with E-state index in [-0.39, 0.29) is 43.1 Å². The number of hydrogen-bond acceptors (Lipinski definition) is 4. The van der Waals surface area contributed by atoms with Gasteiger partial charge in [-0.3, -0.25) is 14.4 Å². The minimum absolute atomic E-state index is 0.0324. The number of phenols is 1. The third-order valence-electron chi connectivity index (χ3n) is 6.38. The maximum atomic E-state index is 13.4. The van der Waals surface area contributed by atoms with Crippen molar-refractivity contribution in [1.82, 2.24) is 9.80 Å². The third kappa shape index (κ3) is 4.70. The maximum Gasteiger partial charge on any atom is 0.254 e. The molecular weight excluding hydrogens is 478 g/mol. The van der Waals surface area contributed by atoms with Crippen molar-refractivity contribution >= 4 is 35.0 Å². The van der Waals surface area contributed by atoms with Crippen LogP contribution in [0.15, 0.2) is 78.9 Å². The van der Waals surface area contributed by atoms with Crippen molar-refractivity contribution in [2.24, 2.45) is 0 Å². The van der Waals surface area contributed by atoms with Gasteiger partial charge in [-0.25, -0.2) is 0 Å². The number of carbonyl (C=O) groups is 3. The van der Waals surface area contributed by atoms with Gasteiger partial charge in [0.2, 0.25) is 5.91 Å². The second-order valence-electron chi connectivity index (χ2n) is 8.81. The number of hydrogen-bond donors (Lipinski definition) is 1. The first-order chi connectivity index (χ1) is 17.4. The van der Waals surface area contributed by atoms with Gasteiger partial charge < -0.3 is 19.8 Å². The van der Waals surface area contributed by atoms with Crippen LogP contribution in [0.4, 0.5) is 5.69 Å². The van der Waals surface area contributed by atoms with Crippen LogP contribution < -0.4 is 4.90 Å². The fourth-order valence-corrected chi connectivity index (χ4v) is 4.63. The summed E-state index contributed by atoms with van der Waals surface area (Å²) in [5, 5.41) is 11.2. The van der Waals surface area contributed by atoms with E-state index in [2.05, 4.69) is 0 Å². The number of benzene rings is 3. The van der Waals surface area contributed by atoms with Crippen LogP contribution in [0.2, 0.25) is 5.02 Å². The van der Waals surface area contributed by atoms with E-state index in [1.54, 1.807) is 53.4 Å². The lowest BCUT2D eigenvalue weighted by molar-refractivity contribution is -0.119. The summed E-state index contributed by atoms with van der Waals surface area (Å²) in [6, 6.07) is 18.7. The molecule has 182 valence electrons. The van der Waals surface area contributed by atoms with Crippen LogP contribution in [0.1, 0.15) is 31.8 Å². The van der Waals surface area contributed by atoms with Crippen LogP contribution in [0.25, 0.3) is 0 Å². The molecule has 0 atom stereocenters. The Hall–Kier alpha value is -4.10. The zero-order chi connectivity index (χ0) is 25.2. The van der Waals surface area contributed by atoms with Crippen LogP contribution in [-0.4, -0.2) is 52.3 Å². The lowest BCUT2D eigenvalue weighted by atomic mass is 10.1. The van der Waals surface area contributed by atoms with Gasteiger partial charge in [0.1, 0.15) is 12.3 Å². The summed E-state index contributed by atoms with van der Waals surface area (Å²) in [7, 11) is 0. The highest BCUT2D eigenvalue weighted by Crippen LogP contribution is 2.35. The van der Waals surface area contributed by atoms with Crippen molar-refractivity contribution in [3.05, 3.63) is 106 Å². The van der Waals surface area contributed by atoms with Crippen molar-refractivity contribution in [1.29, 1.82) is 0 Å². The van der Waals surface area contributed by atoms with Crippen LogP contribution >= 0.6 is 11.6 Å². The van der Waals surface area contributed by atoms with Crippen molar-refractivity contribution in [2.45, 2.75) is 13.1 Å². The summed E-state index contributed by atoms with van der Waals surface area (Å²) < 4.78 is 0. The molecule has 0 fully saturated rings. The van der Waals surface area contributed by atoms with Gasteiger partial charge in [-0.2, -0.15) is 0 Å². The first-order valence-corrected chi connectivity index (χ1v) is 12.0. The highest BCUT2D eigenvalue weighted by Gasteiger charge is 2.31. The molecule has 7 nitrogen and oxygen atoms in total. The van der Waals surface area contributed by atoms with E-state index in [1.165, 1.54) is 15.9 Å². The van der Waals surface area contributed by atoms with E-state index in [0.29, 0.717) is 40.5 Å². The second kappa shape index (κ2) is 9.87. The number of aromatic hydroxyl groups is 1. The number of amides is 3. The van der Waals surface area contributed by atoms with Crippen LogP contribution in [-0.2, 0) is 17.9 Å². The predicted octanol–water partition coefficient (Wildman–Crippen LogP) is 4.25. The zero-order valence-corrected chi connectivity index (χ0v) is 20.2. The molecule has 0 aromatic heterocycles. The highest BCUT2D eigenvalue weighted by atomic mass is 35.5. The summed E-state index contributed by atoms with van der Waals surface area (Å²) in [6.07, 6.45) is 3.92. The molecule has 0 saturated carbocycles. The molecule has 3 amide bonds.